The van der Waals surface area contributed by atoms with E-state index in [0.29, 0.717) is 17.1 Å². The van der Waals surface area contributed by atoms with Crippen molar-refractivity contribution in [1.29, 1.82) is 5.26 Å². The van der Waals surface area contributed by atoms with E-state index in [4.69, 9.17) is 16.9 Å². The number of nitrogens with zero attached hydrogens (tertiary/aromatic N) is 1. The number of rotatable bonds is 4. The van der Waals surface area contributed by atoms with Crippen molar-refractivity contribution < 1.29 is 4.79 Å². The molecule has 0 saturated carbocycles. The van der Waals surface area contributed by atoms with Crippen LogP contribution in [0, 0.1) is 11.3 Å². The van der Waals surface area contributed by atoms with Crippen LogP contribution in [0.15, 0.2) is 54.6 Å². The molecule has 2 aromatic rings. The van der Waals surface area contributed by atoms with Crippen LogP contribution in [0.5, 0.6) is 0 Å². The number of nitrogens with one attached hydrogen (secondary N) is 1. The van der Waals surface area contributed by atoms with Gasteiger partial charge in [-0.05, 0) is 23.3 Å². The molecule has 20 heavy (non-hydrogen) atoms. The molecule has 2 aromatic carbocycles. The van der Waals surface area contributed by atoms with Crippen LogP contribution < -0.4 is 5.32 Å². The van der Waals surface area contributed by atoms with E-state index in [9.17, 15) is 4.79 Å². The third kappa shape index (κ3) is 3.59. The lowest BCUT2D eigenvalue weighted by atomic mass is 10.00. The van der Waals surface area contributed by atoms with E-state index in [2.05, 4.69) is 5.32 Å². The first-order chi connectivity index (χ1) is 9.70. The van der Waals surface area contributed by atoms with Gasteiger partial charge in [-0.3, -0.25) is 4.79 Å². The minimum absolute atomic E-state index is 0.307. The minimum Gasteiger partial charge on any atom is -0.351 e. The fraction of sp³-hybridized carbons (Fsp3) is 0.125. The van der Waals surface area contributed by atoms with Gasteiger partial charge in [0.25, 0.3) is 0 Å². The second-order valence-electron chi connectivity index (χ2n) is 4.32. The van der Waals surface area contributed by atoms with Crippen LogP contribution in [0.25, 0.3) is 0 Å². The van der Waals surface area contributed by atoms with Crippen LogP contribution >= 0.6 is 11.6 Å². The predicted octanol–water partition coefficient (Wildman–Crippen LogP) is 3.26. The Morgan fingerprint density at radius 2 is 1.95 bits per heavy atom. The molecule has 0 aliphatic heterocycles. The Balaban J connectivity index is 2.02. The molecule has 1 atom stereocenters. The van der Waals surface area contributed by atoms with E-state index in [1.807, 2.05) is 36.4 Å². The van der Waals surface area contributed by atoms with Crippen molar-refractivity contribution >= 4 is 17.5 Å². The van der Waals surface area contributed by atoms with Gasteiger partial charge in [0, 0.05) is 11.6 Å². The number of nitriles is 1. The molecule has 0 bridgehead atoms. The van der Waals surface area contributed by atoms with Crippen LogP contribution in [0.2, 0.25) is 5.02 Å². The molecule has 0 aliphatic rings. The molecule has 0 fully saturated rings. The fourth-order valence-electron chi connectivity index (χ4n) is 1.87. The third-order valence-corrected chi connectivity index (χ3v) is 3.12. The Morgan fingerprint density at radius 3 is 2.60 bits per heavy atom. The zero-order valence-corrected chi connectivity index (χ0v) is 11.5. The lowest BCUT2D eigenvalue weighted by Gasteiger charge is -2.10. The summed E-state index contributed by atoms with van der Waals surface area (Å²) in [5.41, 5.74) is 1.59. The molecule has 0 saturated heterocycles. The maximum Gasteiger partial charge on any atom is 0.242 e. The average molecular weight is 285 g/mol. The summed E-state index contributed by atoms with van der Waals surface area (Å²) in [6, 6.07) is 18.3. The highest BCUT2D eigenvalue weighted by Gasteiger charge is 2.19. The van der Waals surface area contributed by atoms with Gasteiger partial charge in [0.05, 0.1) is 6.07 Å². The molecular formula is C16H13ClN2O. The second-order valence-corrected chi connectivity index (χ2v) is 4.76. The number of benzene rings is 2. The third-order valence-electron chi connectivity index (χ3n) is 2.88. The van der Waals surface area contributed by atoms with Gasteiger partial charge < -0.3 is 5.32 Å². The molecule has 1 amide bonds. The number of hydrogen-bond acceptors (Lipinski definition) is 2. The Bertz CT molecular complexity index is 634. The summed E-state index contributed by atoms with van der Waals surface area (Å²) in [5.74, 6) is -1.10. The largest absolute Gasteiger partial charge is 0.351 e. The SMILES string of the molecule is N#CC(C(=O)NCc1cccc(Cl)c1)c1ccccc1. The van der Waals surface area contributed by atoms with Crippen LogP contribution in [-0.4, -0.2) is 5.91 Å². The minimum atomic E-state index is -0.796. The molecule has 4 heteroatoms. The van der Waals surface area contributed by atoms with E-state index < -0.39 is 5.92 Å². The lowest BCUT2D eigenvalue weighted by Crippen LogP contribution is -2.28. The van der Waals surface area contributed by atoms with Crippen LogP contribution in [0.1, 0.15) is 17.0 Å². The first-order valence-corrected chi connectivity index (χ1v) is 6.55. The molecule has 0 radical (unpaired) electrons. The van der Waals surface area contributed by atoms with Gasteiger partial charge in [0.15, 0.2) is 0 Å². The molecular weight excluding hydrogens is 272 g/mol. The van der Waals surface area contributed by atoms with Gasteiger partial charge in [-0.2, -0.15) is 5.26 Å². The molecule has 0 heterocycles. The highest BCUT2D eigenvalue weighted by molar-refractivity contribution is 6.30. The van der Waals surface area contributed by atoms with Gasteiger partial charge in [-0.25, -0.2) is 0 Å². The summed E-state index contributed by atoms with van der Waals surface area (Å²) in [6.45, 7) is 0.352. The van der Waals surface area contributed by atoms with Crippen molar-refractivity contribution in [2.45, 2.75) is 12.5 Å². The highest BCUT2D eigenvalue weighted by atomic mass is 35.5. The molecule has 0 aliphatic carbocycles. The first kappa shape index (κ1) is 14.1. The van der Waals surface area contributed by atoms with Gasteiger partial charge in [0.2, 0.25) is 5.91 Å². The highest BCUT2D eigenvalue weighted by Crippen LogP contribution is 2.15. The van der Waals surface area contributed by atoms with Gasteiger partial charge >= 0.3 is 0 Å². The van der Waals surface area contributed by atoms with E-state index >= 15 is 0 Å². The molecule has 0 aromatic heterocycles. The predicted molar refractivity (Wildman–Crippen MR) is 78.1 cm³/mol. The average Bonchev–Trinajstić information content (AvgIpc) is 2.47. The summed E-state index contributed by atoms with van der Waals surface area (Å²) in [6.07, 6.45) is 0. The molecule has 0 spiro atoms. The Kier molecular flexibility index (Phi) is 4.75. The van der Waals surface area contributed by atoms with E-state index in [-0.39, 0.29) is 5.91 Å². The van der Waals surface area contributed by atoms with Crippen molar-refractivity contribution in [3.63, 3.8) is 0 Å². The Labute approximate surface area is 122 Å². The van der Waals surface area contributed by atoms with Crippen LogP contribution in [-0.2, 0) is 11.3 Å². The monoisotopic (exact) mass is 284 g/mol. The van der Waals surface area contributed by atoms with Crippen molar-refractivity contribution in [3.8, 4) is 6.07 Å². The number of hydrogen-bond donors (Lipinski definition) is 1. The fourth-order valence-corrected chi connectivity index (χ4v) is 2.08. The molecule has 3 nitrogen and oxygen atoms in total. The molecule has 1 N–H and O–H groups in total. The quantitative estimate of drug-likeness (QED) is 0.937. The summed E-state index contributed by atoms with van der Waals surface area (Å²) in [5, 5.41) is 12.5. The second kappa shape index (κ2) is 6.74. The number of carbonyl (C=O) groups is 1. The summed E-state index contributed by atoms with van der Waals surface area (Å²) in [7, 11) is 0. The number of amides is 1. The molecule has 100 valence electrons. The van der Waals surface area contributed by atoms with Gasteiger partial charge in [0.1, 0.15) is 5.92 Å². The zero-order valence-electron chi connectivity index (χ0n) is 10.7. The summed E-state index contributed by atoms with van der Waals surface area (Å²) < 4.78 is 0. The maximum absolute atomic E-state index is 12.1. The zero-order chi connectivity index (χ0) is 14.4. The molecule has 2 rings (SSSR count). The summed E-state index contributed by atoms with van der Waals surface area (Å²) >= 11 is 5.88. The Morgan fingerprint density at radius 1 is 1.20 bits per heavy atom. The van der Waals surface area contributed by atoms with E-state index in [0.717, 1.165) is 5.56 Å². The first-order valence-electron chi connectivity index (χ1n) is 6.17. The Hall–Kier alpha value is -2.31. The number of halogens is 1. The topological polar surface area (TPSA) is 52.9 Å². The maximum atomic E-state index is 12.1. The van der Waals surface area contributed by atoms with Crippen molar-refractivity contribution in [2.75, 3.05) is 0 Å². The lowest BCUT2D eigenvalue weighted by molar-refractivity contribution is -0.121. The van der Waals surface area contributed by atoms with Crippen LogP contribution in [0.3, 0.4) is 0 Å². The van der Waals surface area contributed by atoms with Crippen LogP contribution in [0.4, 0.5) is 0 Å². The van der Waals surface area contributed by atoms with Gasteiger partial charge in [-0.15, -0.1) is 0 Å². The standard InChI is InChI=1S/C16H13ClN2O/c17-14-8-4-5-12(9-14)11-19-16(20)15(10-18)13-6-2-1-3-7-13/h1-9,15H,11H2,(H,19,20). The van der Waals surface area contributed by atoms with Crippen molar-refractivity contribution in [3.05, 3.63) is 70.7 Å². The summed E-state index contributed by atoms with van der Waals surface area (Å²) in [4.78, 5) is 12.1. The number of carbonyl (C=O) groups excluding carboxylic acids is 1. The van der Waals surface area contributed by atoms with Crippen molar-refractivity contribution in [2.24, 2.45) is 0 Å². The normalized spacial score (nSPS) is 11.4. The smallest absolute Gasteiger partial charge is 0.242 e. The van der Waals surface area contributed by atoms with Crippen molar-refractivity contribution in [1.82, 2.24) is 5.32 Å². The van der Waals surface area contributed by atoms with E-state index in [1.54, 1.807) is 24.3 Å². The van der Waals surface area contributed by atoms with E-state index in [1.165, 1.54) is 0 Å². The molecule has 1 unspecified atom stereocenters. The van der Waals surface area contributed by atoms with Gasteiger partial charge in [-0.1, -0.05) is 54.1 Å².